The number of halogens is 2. The van der Waals surface area contributed by atoms with Crippen LogP contribution in [-0.2, 0) is 6.54 Å². The van der Waals surface area contributed by atoms with Gasteiger partial charge in [0, 0.05) is 11.8 Å². The van der Waals surface area contributed by atoms with Crippen LogP contribution >= 0.6 is 23.2 Å². The standard InChI is InChI=1S/C11H8Cl2N6/c12-9-3-1-2-8(10(9)13)11-16-17-18-19(11)5-7-4-14-6-15-7/h1-4,6H,5H2,(H,14,15). The highest BCUT2D eigenvalue weighted by Gasteiger charge is 2.14. The molecular weight excluding hydrogens is 287 g/mol. The zero-order valence-corrected chi connectivity index (χ0v) is 11.1. The molecular formula is C11H8Cl2N6. The molecule has 0 fully saturated rings. The third kappa shape index (κ3) is 2.32. The molecule has 0 radical (unpaired) electrons. The fraction of sp³-hybridized carbons (Fsp3) is 0.0909. The second-order valence-electron chi connectivity index (χ2n) is 3.82. The number of rotatable bonds is 3. The Hall–Kier alpha value is -1.92. The molecule has 0 aliphatic rings. The Kier molecular flexibility index (Phi) is 3.18. The quantitative estimate of drug-likeness (QED) is 0.805. The molecule has 0 bridgehead atoms. The van der Waals surface area contributed by atoms with Crippen molar-refractivity contribution in [2.24, 2.45) is 0 Å². The van der Waals surface area contributed by atoms with Gasteiger partial charge in [0.15, 0.2) is 5.82 Å². The molecule has 1 N–H and O–H groups in total. The first-order valence-corrected chi connectivity index (χ1v) is 6.19. The van der Waals surface area contributed by atoms with Crippen LogP contribution in [-0.4, -0.2) is 30.2 Å². The number of imidazole rings is 1. The van der Waals surface area contributed by atoms with Crippen LogP contribution in [0.15, 0.2) is 30.7 Å². The van der Waals surface area contributed by atoms with Crippen LogP contribution in [0.2, 0.25) is 10.0 Å². The lowest BCUT2D eigenvalue weighted by molar-refractivity contribution is 0.644. The molecule has 0 spiro atoms. The third-order valence-electron chi connectivity index (χ3n) is 2.59. The molecule has 0 atom stereocenters. The average molecular weight is 295 g/mol. The topological polar surface area (TPSA) is 72.3 Å². The molecule has 0 amide bonds. The van der Waals surface area contributed by atoms with Gasteiger partial charge in [-0.1, -0.05) is 29.3 Å². The first-order valence-electron chi connectivity index (χ1n) is 5.44. The highest BCUT2D eigenvalue weighted by atomic mass is 35.5. The van der Waals surface area contributed by atoms with Crippen molar-refractivity contribution < 1.29 is 0 Å². The first kappa shape index (κ1) is 12.1. The molecule has 0 aliphatic carbocycles. The van der Waals surface area contributed by atoms with Crippen LogP contribution in [0, 0.1) is 0 Å². The van der Waals surface area contributed by atoms with Crippen molar-refractivity contribution in [3.63, 3.8) is 0 Å². The number of H-pyrrole nitrogens is 1. The van der Waals surface area contributed by atoms with Gasteiger partial charge in [-0.25, -0.2) is 9.67 Å². The molecule has 3 rings (SSSR count). The van der Waals surface area contributed by atoms with Gasteiger partial charge in [-0.05, 0) is 22.6 Å². The van der Waals surface area contributed by atoms with Crippen molar-refractivity contribution in [3.8, 4) is 11.4 Å². The van der Waals surface area contributed by atoms with E-state index in [1.54, 1.807) is 29.3 Å². The summed E-state index contributed by atoms with van der Waals surface area (Å²) in [6.07, 6.45) is 3.39. The maximum Gasteiger partial charge on any atom is 0.183 e. The number of nitrogens with one attached hydrogen (secondary N) is 1. The monoisotopic (exact) mass is 294 g/mol. The summed E-state index contributed by atoms with van der Waals surface area (Å²) in [7, 11) is 0. The van der Waals surface area contributed by atoms with Crippen molar-refractivity contribution in [1.29, 1.82) is 0 Å². The molecule has 0 saturated carbocycles. The van der Waals surface area contributed by atoms with Crippen molar-refractivity contribution in [2.45, 2.75) is 6.54 Å². The van der Waals surface area contributed by atoms with E-state index in [9.17, 15) is 0 Å². The largest absolute Gasteiger partial charge is 0.351 e. The Labute approximate surface area is 118 Å². The molecule has 0 aliphatic heterocycles. The Morgan fingerprint density at radius 2 is 2.16 bits per heavy atom. The molecule has 2 heterocycles. The van der Waals surface area contributed by atoms with Gasteiger partial charge in [0.25, 0.3) is 0 Å². The van der Waals surface area contributed by atoms with Gasteiger partial charge in [0.2, 0.25) is 0 Å². The van der Waals surface area contributed by atoms with Crippen LogP contribution in [0.1, 0.15) is 5.69 Å². The van der Waals surface area contributed by atoms with Crippen LogP contribution in [0.4, 0.5) is 0 Å². The number of hydrogen-bond acceptors (Lipinski definition) is 4. The first-order chi connectivity index (χ1) is 9.25. The van der Waals surface area contributed by atoms with Gasteiger partial charge in [-0.2, -0.15) is 0 Å². The Balaban J connectivity index is 2.02. The van der Waals surface area contributed by atoms with E-state index in [0.717, 1.165) is 5.69 Å². The maximum absolute atomic E-state index is 6.18. The second-order valence-corrected chi connectivity index (χ2v) is 4.61. The maximum atomic E-state index is 6.18. The van der Waals surface area contributed by atoms with Crippen LogP contribution < -0.4 is 0 Å². The Morgan fingerprint density at radius 1 is 1.26 bits per heavy atom. The summed E-state index contributed by atoms with van der Waals surface area (Å²) in [5.74, 6) is 0.551. The van der Waals surface area contributed by atoms with Crippen molar-refractivity contribution in [2.75, 3.05) is 0 Å². The summed E-state index contributed by atoms with van der Waals surface area (Å²) in [5, 5.41) is 12.5. The minimum atomic E-state index is 0.433. The SMILES string of the molecule is Clc1cccc(-c2nnnn2Cc2c[nH]cn2)c1Cl. The van der Waals surface area contributed by atoms with E-state index < -0.39 is 0 Å². The number of hydrogen-bond donors (Lipinski definition) is 1. The lowest BCUT2D eigenvalue weighted by atomic mass is 10.2. The summed E-state index contributed by atoms with van der Waals surface area (Å²) in [5.41, 5.74) is 1.52. The average Bonchev–Trinajstić information content (AvgIpc) is 3.05. The van der Waals surface area contributed by atoms with Gasteiger partial charge in [0.1, 0.15) is 0 Å². The van der Waals surface area contributed by atoms with Crippen molar-refractivity contribution in [3.05, 3.63) is 46.5 Å². The number of tetrazole rings is 1. The smallest absolute Gasteiger partial charge is 0.183 e. The normalized spacial score (nSPS) is 10.8. The highest BCUT2D eigenvalue weighted by Crippen LogP contribution is 2.31. The van der Waals surface area contributed by atoms with E-state index in [4.69, 9.17) is 23.2 Å². The molecule has 0 unspecified atom stereocenters. The molecule has 6 nitrogen and oxygen atoms in total. The van der Waals surface area contributed by atoms with E-state index in [-0.39, 0.29) is 0 Å². The van der Waals surface area contributed by atoms with E-state index in [1.807, 2.05) is 6.07 Å². The number of benzene rings is 1. The summed E-state index contributed by atoms with van der Waals surface area (Å²) < 4.78 is 1.62. The zero-order chi connectivity index (χ0) is 13.2. The van der Waals surface area contributed by atoms with E-state index in [0.29, 0.717) is 28.0 Å². The number of nitrogens with zero attached hydrogens (tertiary/aromatic N) is 5. The van der Waals surface area contributed by atoms with Crippen molar-refractivity contribution >= 4 is 23.2 Å². The van der Waals surface area contributed by atoms with E-state index >= 15 is 0 Å². The molecule has 8 heteroatoms. The summed E-state index contributed by atoms with van der Waals surface area (Å²) in [6.45, 7) is 0.453. The third-order valence-corrected chi connectivity index (χ3v) is 3.41. The molecule has 0 saturated heterocycles. The van der Waals surface area contributed by atoms with E-state index in [2.05, 4.69) is 25.5 Å². The highest BCUT2D eigenvalue weighted by molar-refractivity contribution is 6.43. The molecule has 96 valence electrons. The Morgan fingerprint density at radius 3 is 2.95 bits per heavy atom. The Bertz CT molecular complexity index is 691. The van der Waals surface area contributed by atoms with Gasteiger partial charge in [0.05, 0.1) is 28.6 Å². The summed E-state index contributed by atoms with van der Waals surface area (Å²) in [6, 6.07) is 5.34. The predicted molar refractivity (Wildman–Crippen MR) is 71.0 cm³/mol. The minimum Gasteiger partial charge on any atom is -0.351 e. The van der Waals surface area contributed by atoms with Gasteiger partial charge in [-0.3, -0.25) is 0 Å². The van der Waals surface area contributed by atoms with Crippen LogP contribution in [0.25, 0.3) is 11.4 Å². The fourth-order valence-corrected chi connectivity index (χ4v) is 2.10. The molecule has 19 heavy (non-hydrogen) atoms. The molecule has 1 aromatic carbocycles. The van der Waals surface area contributed by atoms with E-state index in [1.165, 1.54) is 0 Å². The predicted octanol–water partition coefficient (Wildman–Crippen LogP) is 2.42. The number of aromatic amines is 1. The molecule has 3 aromatic rings. The lowest BCUT2D eigenvalue weighted by Crippen LogP contribution is -2.05. The number of aromatic nitrogens is 6. The zero-order valence-electron chi connectivity index (χ0n) is 9.59. The van der Waals surface area contributed by atoms with Gasteiger partial charge >= 0.3 is 0 Å². The summed E-state index contributed by atoms with van der Waals surface area (Å²) in [4.78, 5) is 7.02. The van der Waals surface area contributed by atoms with Crippen LogP contribution in [0.3, 0.4) is 0 Å². The second kappa shape index (κ2) is 4.99. The van der Waals surface area contributed by atoms with Crippen molar-refractivity contribution in [1.82, 2.24) is 30.2 Å². The van der Waals surface area contributed by atoms with Crippen LogP contribution in [0.5, 0.6) is 0 Å². The minimum absolute atomic E-state index is 0.433. The fourth-order valence-electron chi connectivity index (χ4n) is 1.71. The summed E-state index contributed by atoms with van der Waals surface area (Å²) >= 11 is 12.2. The lowest BCUT2D eigenvalue weighted by Gasteiger charge is -2.05. The molecule has 2 aromatic heterocycles. The van der Waals surface area contributed by atoms with Gasteiger partial charge < -0.3 is 4.98 Å². The van der Waals surface area contributed by atoms with Gasteiger partial charge in [-0.15, -0.1) is 5.10 Å².